The van der Waals surface area contributed by atoms with Crippen molar-refractivity contribution in [2.24, 2.45) is 0 Å². The fourth-order valence-electron chi connectivity index (χ4n) is 4.32. The van der Waals surface area contributed by atoms with Crippen molar-refractivity contribution in [3.8, 4) is 0 Å². The fourth-order valence-corrected chi connectivity index (χ4v) is 4.32. The van der Waals surface area contributed by atoms with Crippen LogP contribution >= 0.6 is 0 Å². The molecule has 0 aliphatic rings. The van der Waals surface area contributed by atoms with E-state index in [1.165, 1.54) is 11.4 Å². The lowest BCUT2D eigenvalue weighted by Gasteiger charge is -2.23. The maximum absolute atomic E-state index is 13.0. The molecule has 0 amide bonds. The number of ketones is 1. The monoisotopic (exact) mass is 460 g/mol. The number of benzene rings is 2. The van der Waals surface area contributed by atoms with Crippen LogP contribution in [0.1, 0.15) is 78.4 Å². The second-order valence-corrected chi connectivity index (χ2v) is 9.14. The smallest absolute Gasteiger partial charge is 0.184 e. The molecule has 0 aliphatic carbocycles. The van der Waals surface area contributed by atoms with E-state index in [-0.39, 0.29) is 5.78 Å². The van der Waals surface area contributed by atoms with Gasteiger partial charge in [0.1, 0.15) is 0 Å². The first kappa shape index (κ1) is 27.4. The predicted molar refractivity (Wildman–Crippen MR) is 151 cm³/mol. The molecule has 3 nitrogen and oxygen atoms in total. The number of hydrogen-bond donors (Lipinski definition) is 0. The van der Waals surface area contributed by atoms with Gasteiger partial charge in [-0.15, -0.1) is 0 Å². The molecule has 0 aromatic heterocycles. The number of carbonyl (C=O) groups is 1. The Balaban J connectivity index is 2.10. The number of hydrogen-bond acceptors (Lipinski definition) is 3. The van der Waals surface area contributed by atoms with Crippen LogP contribution in [0.2, 0.25) is 0 Å². The molecule has 0 saturated carbocycles. The molecule has 184 valence electrons. The number of rotatable bonds is 14. The Morgan fingerprint density at radius 2 is 0.882 bits per heavy atom. The summed E-state index contributed by atoms with van der Waals surface area (Å²) in [6, 6.07) is 17.1. The van der Waals surface area contributed by atoms with Crippen molar-refractivity contribution in [2.45, 2.75) is 67.2 Å². The lowest BCUT2D eigenvalue weighted by Crippen LogP contribution is -2.24. The summed E-state index contributed by atoms with van der Waals surface area (Å²) in [5.74, 6) is 0.0883. The molecule has 0 saturated heterocycles. The third kappa shape index (κ3) is 8.20. The Morgan fingerprint density at radius 1 is 0.588 bits per heavy atom. The van der Waals surface area contributed by atoms with E-state index in [0.29, 0.717) is 0 Å². The van der Waals surface area contributed by atoms with E-state index >= 15 is 0 Å². The van der Waals surface area contributed by atoms with Crippen LogP contribution in [0.15, 0.2) is 59.7 Å². The van der Waals surface area contributed by atoms with Crippen molar-refractivity contribution in [2.75, 3.05) is 36.0 Å². The normalized spacial score (nSPS) is 12.1. The minimum atomic E-state index is 0.0883. The van der Waals surface area contributed by atoms with Crippen LogP contribution in [0.25, 0.3) is 12.2 Å². The van der Waals surface area contributed by atoms with Gasteiger partial charge in [0, 0.05) is 37.6 Å². The van der Waals surface area contributed by atoms with E-state index in [9.17, 15) is 4.79 Å². The molecule has 0 atom stereocenters. The topological polar surface area (TPSA) is 23.6 Å². The first-order valence-electron chi connectivity index (χ1n) is 13.0. The van der Waals surface area contributed by atoms with Crippen LogP contribution in [0.5, 0.6) is 0 Å². The number of nitrogens with zero attached hydrogens (tertiary/aromatic N) is 2. The SMILES string of the molecule is CCCN(CCC)c1ccc(C=C(C)C(=O)C(C)=Cc2ccc(N(CCC)CCC)cc2)cc1. The molecule has 2 rings (SSSR count). The van der Waals surface area contributed by atoms with Crippen LogP contribution in [-0.4, -0.2) is 32.0 Å². The molecule has 34 heavy (non-hydrogen) atoms. The average molecular weight is 461 g/mol. The number of carbonyl (C=O) groups excluding carboxylic acids is 1. The van der Waals surface area contributed by atoms with Crippen LogP contribution in [0, 0.1) is 0 Å². The lowest BCUT2D eigenvalue weighted by atomic mass is 10.0. The van der Waals surface area contributed by atoms with E-state index in [1.54, 1.807) is 0 Å². The summed E-state index contributed by atoms with van der Waals surface area (Å²) >= 11 is 0. The molecule has 0 N–H and O–H groups in total. The van der Waals surface area contributed by atoms with E-state index < -0.39 is 0 Å². The van der Waals surface area contributed by atoms with Crippen LogP contribution in [0.4, 0.5) is 11.4 Å². The Bertz CT molecular complexity index is 849. The maximum Gasteiger partial charge on any atom is 0.184 e. The molecular formula is C31H44N2O. The molecule has 0 spiro atoms. The molecule has 0 fully saturated rings. The molecule has 0 unspecified atom stereocenters. The van der Waals surface area contributed by atoms with Gasteiger partial charge < -0.3 is 9.80 Å². The molecular weight excluding hydrogens is 416 g/mol. The highest BCUT2D eigenvalue weighted by Crippen LogP contribution is 2.21. The second kappa shape index (κ2) is 14.5. The molecule has 0 bridgehead atoms. The average Bonchev–Trinajstić information content (AvgIpc) is 2.84. The molecule has 2 aromatic carbocycles. The highest BCUT2D eigenvalue weighted by Gasteiger charge is 2.09. The zero-order valence-electron chi connectivity index (χ0n) is 22.2. The number of anilines is 2. The third-order valence-corrected chi connectivity index (χ3v) is 5.97. The van der Waals surface area contributed by atoms with Crippen LogP contribution < -0.4 is 9.80 Å². The van der Waals surface area contributed by atoms with Crippen molar-refractivity contribution in [1.29, 1.82) is 0 Å². The molecule has 0 radical (unpaired) electrons. The van der Waals surface area contributed by atoms with Gasteiger partial charge in [-0.25, -0.2) is 0 Å². The summed E-state index contributed by atoms with van der Waals surface area (Å²) in [6.45, 7) is 17.0. The van der Waals surface area contributed by atoms with Gasteiger partial charge in [-0.3, -0.25) is 4.79 Å². The molecule has 0 heterocycles. The zero-order chi connectivity index (χ0) is 24.9. The summed E-state index contributed by atoms with van der Waals surface area (Å²) in [4.78, 5) is 17.8. The largest absolute Gasteiger partial charge is 0.372 e. The summed E-state index contributed by atoms with van der Waals surface area (Å²) < 4.78 is 0. The maximum atomic E-state index is 13.0. The van der Waals surface area contributed by atoms with Gasteiger partial charge in [0.25, 0.3) is 0 Å². The highest BCUT2D eigenvalue weighted by atomic mass is 16.1. The van der Waals surface area contributed by atoms with Gasteiger partial charge in [-0.05, 0) is 98.2 Å². The summed E-state index contributed by atoms with van der Waals surface area (Å²) in [6.07, 6.45) is 8.53. The van der Waals surface area contributed by atoms with Crippen molar-refractivity contribution in [3.63, 3.8) is 0 Å². The van der Waals surface area contributed by atoms with Gasteiger partial charge in [0.05, 0.1) is 0 Å². The number of allylic oxidation sites excluding steroid dienone is 2. The van der Waals surface area contributed by atoms with E-state index in [2.05, 4.69) is 86.0 Å². The number of Topliss-reactive ketones (excluding diaryl/α,β-unsaturated/α-hetero) is 1. The van der Waals surface area contributed by atoms with Crippen molar-refractivity contribution in [3.05, 3.63) is 70.8 Å². The Morgan fingerprint density at radius 3 is 1.15 bits per heavy atom. The highest BCUT2D eigenvalue weighted by molar-refractivity contribution is 6.12. The van der Waals surface area contributed by atoms with Crippen LogP contribution in [0.3, 0.4) is 0 Å². The van der Waals surface area contributed by atoms with Gasteiger partial charge in [0.2, 0.25) is 0 Å². The predicted octanol–water partition coefficient (Wildman–Crippen LogP) is 8.02. The second-order valence-electron chi connectivity index (χ2n) is 9.14. The molecule has 0 aliphatic heterocycles. The van der Waals surface area contributed by atoms with E-state index in [1.807, 2.05) is 26.0 Å². The first-order chi connectivity index (χ1) is 16.4. The minimum Gasteiger partial charge on any atom is -0.372 e. The Labute approximate surface area is 208 Å². The first-order valence-corrected chi connectivity index (χ1v) is 13.0. The third-order valence-electron chi connectivity index (χ3n) is 5.97. The van der Waals surface area contributed by atoms with Gasteiger partial charge in [0.15, 0.2) is 5.78 Å². The standard InChI is InChI=1S/C31H44N2O/c1-7-19-32(20-8-2)29-15-11-27(12-16-29)23-25(5)31(34)26(6)24-28-13-17-30(18-14-28)33(21-9-3)22-10-4/h11-18,23-24H,7-10,19-22H2,1-6H3. The Kier molecular flexibility index (Phi) is 11.7. The van der Waals surface area contributed by atoms with Crippen molar-refractivity contribution >= 4 is 29.3 Å². The zero-order valence-corrected chi connectivity index (χ0v) is 22.2. The summed E-state index contributed by atoms with van der Waals surface area (Å²) in [7, 11) is 0. The lowest BCUT2D eigenvalue weighted by molar-refractivity contribution is -0.112. The minimum absolute atomic E-state index is 0.0883. The van der Waals surface area contributed by atoms with Crippen LogP contribution in [-0.2, 0) is 4.79 Å². The van der Waals surface area contributed by atoms with Gasteiger partial charge in [-0.1, -0.05) is 52.0 Å². The van der Waals surface area contributed by atoms with Gasteiger partial charge >= 0.3 is 0 Å². The van der Waals surface area contributed by atoms with E-state index in [4.69, 9.17) is 0 Å². The van der Waals surface area contributed by atoms with Gasteiger partial charge in [-0.2, -0.15) is 0 Å². The van der Waals surface area contributed by atoms with Crippen molar-refractivity contribution < 1.29 is 4.79 Å². The van der Waals surface area contributed by atoms with Crippen molar-refractivity contribution in [1.82, 2.24) is 0 Å². The fraction of sp³-hybridized carbons (Fsp3) is 0.452. The molecule has 2 aromatic rings. The van der Waals surface area contributed by atoms with E-state index in [0.717, 1.165) is 74.1 Å². The quantitative estimate of drug-likeness (QED) is 0.267. The molecule has 3 heteroatoms. The Hall–Kier alpha value is -2.81. The summed E-state index contributed by atoms with van der Waals surface area (Å²) in [5.41, 5.74) is 6.14. The summed E-state index contributed by atoms with van der Waals surface area (Å²) in [5, 5.41) is 0.